The Bertz CT molecular complexity index is 1310. The fourth-order valence-corrected chi connectivity index (χ4v) is 7.76. The van der Waals surface area contributed by atoms with Gasteiger partial charge in [-0.05, 0) is 29.0 Å². The van der Waals surface area contributed by atoms with E-state index in [-0.39, 0.29) is 34.3 Å². The minimum absolute atomic E-state index is 0.00435. The Morgan fingerprint density at radius 3 is 2.47 bits per heavy atom. The zero-order valence-electron chi connectivity index (χ0n) is 15.4. The molecule has 15 heteroatoms. The van der Waals surface area contributed by atoms with Crippen LogP contribution in [0.1, 0.15) is 0 Å². The molecule has 3 aromatic rings. The minimum atomic E-state index is -4.33. The number of hydrogen-bond donors (Lipinski definition) is 5. The van der Waals surface area contributed by atoms with Crippen molar-refractivity contribution in [3.05, 3.63) is 30.5 Å². The van der Waals surface area contributed by atoms with E-state index in [9.17, 15) is 12.6 Å². The highest BCUT2D eigenvalue weighted by molar-refractivity contribution is 8.05. The van der Waals surface area contributed by atoms with Crippen LogP contribution in [0.3, 0.4) is 0 Å². The Kier molecular flexibility index (Phi) is 4.99. The Labute approximate surface area is 171 Å². The maximum absolute atomic E-state index is 13.5. The van der Waals surface area contributed by atoms with Crippen molar-refractivity contribution in [3.8, 4) is 22.5 Å². The van der Waals surface area contributed by atoms with Gasteiger partial charge in [-0.15, -0.1) is 10.2 Å². The predicted octanol–water partition coefficient (Wildman–Crippen LogP) is -1.17. The number of benzene rings is 1. The van der Waals surface area contributed by atoms with Gasteiger partial charge in [-0.2, -0.15) is 13.6 Å². The Balaban J connectivity index is 2.02. The number of tetrazole rings is 1. The monoisotopic (exact) mass is 450 g/mol. The summed E-state index contributed by atoms with van der Waals surface area (Å²) in [7, 11) is -7.89. The highest BCUT2D eigenvalue weighted by Crippen LogP contribution is 2.43. The fraction of sp³-hybridized carbons (Fsp3) is 0.200. The Hall–Kier alpha value is -2.98. The van der Waals surface area contributed by atoms with Crippen molar-refractivity contribution < 1.29 is 12.6 Å². The topological polar surface area (TPSA) is 221 Å². The van der Waals surface area contributed by atoms with E-state index >= 15 is 0 Å². The van der Waals surface area contributed by atoms with Gasteiger partial charge in [-0.3, -0.25) is 0 Å². The van der Waals surface area contributed by atoms with E-state index in [1.807, 2.05) is 0 Å². The summed E-state index contributed by atoms with van der Waals surface area (Å²) < 4.78 is 45.8. The van der Waals surface area contributed by atoms with Crippen molar-refractivity contribution in [2.45, 2.75) is 15.8 Å². The van der Waals surface area contributed by atoms with Gasteiger partial charge in [0.05, 0.1) is 10.5 Å². The number of hydrogen-bond acceptors (Lipinski definition) is 10. The lowest BCUT2D eigenvalue weighted by Gasteiger charge is -2.17. The predicted molar refractivity (Wildman–Crippen MR) is 108 cm³/mol. The number of anilines is 1. The number of aromatic amines is 1. The van der Waals surface area contributed by atoms with Gasteiger partial charge in [0.1, 0.15) is 10.7 Å². The standard InChI is InChI=1S/C15H18N10O3S2/c16-5-9(6-17)22-29(26)11-3-2-10(8-1-4-12(18)19-7-8)13(15-20-23-24-21-15)14(11)30(27,28)25-29/h1-4,7,9H,5-6,16-17H2,(H2,18,19)(H,22,25,26)(H,20,21,23,24). The van der Waals surface area contributed by atoms with Crippen molar-refractivity contribution in [1.29, 1.82) is 0 Å². The lowest BCUT2D eigenvalue weighted by molar-refractivity contribution is 0.598. The molecule has 0 spiro atoms. The molecule has 0 aliphatic carbocycles. The lowest BCUT2D eigenvalue weighted by atomic mass is 10.0. The van der Waals surface area contributed by atoms with Crippen LogP contribution in [0.15, 0.2) is 44.0 Å². The van der Waals surface area contributed by atoms with E-state index in [1.54, 1.807) is 18.2 Å². The number of pyridine rings is 1. The van der Waals surface area contributed by atoms with E-state index in [4.69, 9.17) is 17.2 Å². The molecule has 1 aromatic carbocycles. The third-order valence-corrected chi connectivity index (χ3v) is 8.73. The van der Waals surface area contributed by atoms with Crippen LogP contribution in [0.2, 0.25) is 0 Å². The summed E-state index contributed by atoms with van der Waals surface area (Å²) in [6.45, 7) is 0.0938. The van der Waals surface area contributed by atoms with Crippen LogP contribution in [0.4, 0.5) is 5.82 Å². The van der Waals surface area contributed by atoms with Gasteiger partial charge >= 0.3 is 0 Å². The summed E-state index contributed by atoms with van der Waals surface area (Å²) >= 11 is 0. The molecule has 0 radical (unpaired) electrons. The molecular weight excluding hydrogens is 432 g/mol. The molecule has 1 unspecified atom stereocenters. The van der Waals surface area contributed by atoms with E-state index in [1.165, 1.54) is 12.3 Å². The van der Waals surface area contributed by atoms with Gasteiger partial charge in [-0.25, -0.2) is 13.9 Å². The van der Waals surface area contributed by atoms with Crippen molar-refractivity contribution in [2.24, 2.45) is 15.2 Å². The van der Waals surface area contributed by atoms with Crippen molar-refractivity contribution in [2.75, 3.05) is 18.8 Å². The lowest BCUT2D eigenvalue weighted by Crippen LogP contribution is -2.44. The normalized spacial score (nSPS) is 19.6. The van der Waals surface area contributed by atoms with Crippen LogP contribution >= 0.6 is 0 Å². The number of H-pyrrole nitrogens is 1. The summed E-state index contributed by atoms with van der Waals surface area (Å²) in [5.74, 6) is 0.292. The number of fused-ring (bicyclic) bond motifs is 1. The van der Waals surface area contributed by atoms with Gasteiger partial charge < -0.3 is 17.2 Å². The molecule has 0 bridgehead atoms. The van der Waals surface area contributed by atoms with Crippen molar-refractivity contribution in [3.63, 3.8) is 0 Å². The van der Waals surface area contributed by atoms with E-state index in [0.717, 1.165) is 0 Å². The quantitative estimate of drug-likeness (QED) is 0.302. The molecule has 30 heavy (non-hydrogen) atoms. The number of rotatable bonds is 6. The maximum Gasteiger partial charge on any atom is 0.293 e. The molecule has 0 saturated carbocycles. The second-order valence-corrected chi connectivity index (χ2v) is 10.1. The number of nitrogen functional groups attached to an aromatic ring is 1. The molecule has 8 N–H and O–H groups in total. The zero-order valence-corrected chi connectivity index (χ0v) is 17.0. The molecule has 1 aliphatic rings. The van der Waals surface area contributed by atoms with Gasteiger partial charge in [0.15, 0.2) is 9.92 Å². The number of sulfonamides is 1. The second kappa shape index (κ2) is 7.37. The minimum Gasteiger partial charge on any atom is -0.384 e. The largest absolute Gasteiger partial charge is 0.384 e. The number of aromatic nitrogens is 5. The molecule has 2 aromatic heterocycles. The Morgan fingerprint density at radius 2 is 1.87 bits per heavy atom. The highest BCUT2D eigenvalue weighted by atomic mass is 32.3. The SMILES string of the molecule is NCC(CN)NS1(=O)=NS(=O)(=O)c2c1ccc(-c1ccc(N)nc1)c2-c1nn[nH]n1. The smallest absolute Gasteiger partial charge is 0.293 e. The molecule has 0 amide bonds. The van der Waals surface area contributed by atoms with Gasteiger partial charge in [0, 0.05) is 30.9 Å². The Morgan fingerprint density at radius 1 is 1.10 bits per heavy atom. The zero-order chi connectivity index (χ0) is 21.5. The third-order valence-electron chi connectivity index (χ3n) is 4.44. The molecule has 0 fully saturated rings. The number of nitrogens with one attached hydrogen (secondary N) is 2. The average molecular weight is 451 g/mol. The van der Waals surface area contributed by atoms with Crippen LogP contribution in [-0.4, -0.2) is 57.4 Å². The third kappa shape index (κ3) is 3.31. The molecule has 1 atom stereocenters. The summed E-state index contributed by atoms with van der Waals surface area (Å²) in [4.78, 5) is 3.74. The first-order chi connectivity index (χ1) is 14.3. The molecule has 4 rings (SSSR count). The number of nitrogens with two attached hydrogens (primary N) is 3. The summed E-state index contributed by atoms with van der Waals surface area (Å²) in [6.07, 6.45) is 1.48. The van der Waals surface area contributed by atoms with Crippen molar-refractivity contribution in [1.82, 2.24) is 30.3 Å². The number of nitrogens with zero attached hydrogens (tertiary/aromatic N) is 5. The first-order valence-corrected chi connectivity index (χ1v) is 11.6. The van der Waals surface area contributed by atoms with Gasteiger partial charge in [0.25, 0.3) is 10.0 Å². The van der Waals surface area contributed by atoms with E-state index < -0.39 is 26.0 Å². The van der Waals surface area contributed by atoms with Gasteiger partial charge in [0.2, 0.25) is 5.82 Å². The van der Waals surface area contributed by atoms with Crippen molar-refractivity contribution >= 4 is 25.8 Å². The van der Waals surface area contributed by atoms with Crippen LogP contribution in [0.5, 0.6) is 0 Å². The molecule has 158 valence electrons. The van der Waals surface area contributed by atoms with Crippen LogP contribution in [0.25, 0.3) is 22.5 Å². The summed E-state index contributed by atoms with van der Waals surface area (Å²) in [5, 5.41) is 13.7. The molecule has 0 saturated heterocycles. The molecule has 1 aliphatic heterocycles. The van der Waals surface area contributed by atoms with Crippen LogP contribution < -0.4 is 21.9 Å². The first kappa shape index (κ1) is 20.3. The second-order valence-electron chi connectivity index (χ2n) is 6.38. The molecule has 13 nitrogen and oxygen atoms in total. The van der Waals surface area contributed by atoms with E-state index in [2.05, 4.69) is 34.1 Å². The maximum atomic E-state index is 13.5. The van der Waals surface area contributed by atoms with Crippen LogP contribution in [0, 0.1) is 0 Å². The van der Waals surface area contributed by atoms with Gasteiger partial charge in [-0.1, -0.05) is 9.83 Å². The van der Waals surface area contributed by atoms with E-state index in [0.29, 0.717) is 16.9 Å². The summed E-state index contributed by atoms with van der Waals surface area (Å²) in [6, 6.07) is 5.66. The molecular formula is C15H18N10O3S2. The summed E-state index contributed by atoms with van der Waals surface area (Å²) in [5.41, 5.74) is 18.0. The highest BCUT2D eigenvalue weighted by Gasteiger charge is 2.40. The molecule has 3 heterocycles. The first-order valence-electron chi connectivity index (χ1n) is 8.62. The fourth-order valence-electron chi connectivity index (χ4n) is 3.05. The average Bonchev–Trinajstić information content (AvgIpc) is 3.32. The van der Waals surface area contributed by atoms with Crippen LogP contribution in [-0.2, 0) is 19.9 Å².